The average molecular weight is 601 g/mol. The summed E-state index contributed by atoms with van der Waals surface area (Å²) in [6, 6.07) is 13.9. The second kappa shape index (κ2) is 11.3. The third kappa shape index (κ3) is 5.80. The molecule has 5 nitrogen and oxygen atoms in total. The zero-order valence-electron chi connectivity index (χ0n) is 21.0. The van der Waals surface area contributed by atoms with Crippen LogP contribution in [0.4, 0.5) is 22.0 Å². The smallest absolute Gasteiger partial charge is 0.380 e. The van der Waals surface area contributed by atoms with E-state index in [9.17, 15) is 31.9 Å². The van der Waals surface area contributed by atoms with Crippen LogP contribution in [0.2, 0.25) is 10.0 Å². The Bertz CT molecular complexity index is 1420. The molecule has 3 aromatic carbocycles. The quantitative estimate of drug-likeness (QED) is 0.275. The fourth-order valence-corrected chi connectivity index (χ4v) is 4.87. The summed E-state index contributed by atoms with van der Waals surface area (Å²) in [6.07, 6.45) is -5.47. The number of rotatable bonds is 8. The lowest BCUT2D eigenvalue weighted by molar-refractivity contribution is -0.275. The molecule has 0 saturated heterocycles. The molecule has 0 saturated carbocycles. The van der Waals surface area contributed by atoms with E-state index < -0.39 is 43.1 Å². The molecule has 0 radical (unpaired) electrons. The summed E-state index contributed by atoms with van der Waals surface area (Å²) in [4.78, 5) is 17.8. The highest BCUT2D eigenvalue weighted by molar-refractivity contribution is 6.34. The van der Waals surface area contributed by atoms with Gasteiger partial charge in [0, 0.05) is 34.1 Å². The third-order valence-corrected chi connectivity index (χ3v) is 7.14. The van der Waals surface area contributed by atoms with E-state index in [2.05, 4.69) is 10.5 Å². The first kappa shape index (κ1) is 29.8. The van der Waals surface area contributed by atoms with E-state index in [0.717, 1.165) is 12.1 Å². The normalized spacial score (nSPS) is 17.4. The van der Waals surface area contributed by atoms with Crippen LogP contribution in [0.15, 0.2) is 65.8 Å². The first-order chi connectivity index (χ1) is 18.8. The van der Waals surface area contributed by atoms with Crippen LogP contribution in [0.5, 0.6) is 0 Å². The fraction of sp³-hybridized carbons (Fsp3) is 0.286. The highest BCUT2D eigenvalue weighted by Crippen LogP contribution is 2.49. The van der Waals surface area contributed by atoms with Crippen molar-refractivity contribution >= 4 is 34.8 Å². The summed E-state index contributed by atoms with van der Waals surface area (Å²) in [7, 11) is 0. The van der Waals surface area contributed by atoms with Crippen molar-refractivity contribution in [2.24, 2.45) is 5.16 Å². The molecule has 1 aliphatic heterocycles. The number of halogens is 7. The van der Waals surface area contributed by atoms with Crippen molar-refractivity contribution in [3.05, 3.63) is 104 Å². The summed E-state index contributed by atoms with van der Waals surface area (Å²) in [6.45, 7) is -0.841. The Hall–Kier alpha value is -3.21. The highest BCUT2D eigenvalue weighted by atomic mass is 35.5. The molecule has 0 aromatic heterocycles. The lowest BCUT2D eigenvalue weighted by Crippen LogP contribution is -2.42. The molecule has 1 aliphatic rings. The van der Waals surface area contributed by atoms with Gasteiger partial charge in [-0.15, -0.1) is 0 Å². The van der Waals surface area contributed by atoms with E-state index in [4.69, 9.17) is 28.0 Å². The monoisotopic (exact) mass is 600 g/mol. The third-order valence-electron chi connectivity index (χ3n) is 6.71. The molecular weight excluding hydrogens is 578 g/mol. The Morgan fingerprint density at radius 2 is 1.65 bits per heavy atom. The summed E-state index contributed by atoms with van der Waals surface area (Å²) in [5.74, 6) is -0.444. The van der Waals surface area contributed by atoms with Crippen LogP contribution in [-0.4, -0.2) is 36.3 Å². The molecule has 1 atom stereocenters. The van der Waals surface area contributed by atoms with Crippen LogP contribution in [0, 0.1) is 6.92 Å². The van der Waals surface area contributed by atoms with Gasteiger partial charge in [-0.2, -0.15) is 13.2 Å². The van der Waals surface area contributed by atoms with Crippen LogP contribution in [0.1, 0.15) is 44.6 Å². The maximum Gasteiger partial charge on any atom is 0.435 e. The number of alkyl halides is 5. The molecule has 1 amide bonds. The van der Waals surface area contributed by atoms with Gasteiger partial charge < -0.3 is 15.3 Å². The molecule has 2 N–H and O–H groups in total. The Labute approximate surface area is 236 Å². The van der Waals surface area contributed by atoms with Crippen molar-refractivity contribution in [1.82, 2.24) is 5.32 Å². The van der Waals surface area contributed by atoms with Gasteiger partial charge >= 0.3 is 6.18 Å². The molecule has 0 aliphatic carbocycles. The average Bonchev–Trinajstić information content (AvgIpc) is 3.38. The number of nitrogens with zero attached hydrogens (tertiary/aromatic N) is 1. The first-order valence-corrected chi connectivity index (χ1v) is 12.7. The van der Waals surface area contributed by atoms with E-state index >= 15 is 0 Å². The van der Waals surface area contributed by atoms with E-state index in [1.54, 1.807) is 6.92 Å². The Kier molecular flexibility index (Phi) is 8.44. The van der Waals surface area contributed by atoms with Crippen molar-refractivity contribution in [3.63, 3.8) is 0 Å². The molecule has 0 fully saturated rings. The minimum atomic E-state index is -4.84. The Morgan fingerprint density at radius 3 is 2.20 bits per heavy atom. The van der Waals surface area contributed by atoms with Gasteiger partial charge in [-0.3, -0.25) is 4.79 Å². The number of hydrogen-bond acceptors (Lipinski definition) is 4. The minimum absolute atomic E-state index is 0.0198. The topological polar surface area (TPSA) is 70.9 Å². The number of oxime groups is 1. The number of amides is 1. The Morgan fingerprint density at radius 1 is 1.02 bits per heavy atom. The van der Waals surface area contributed by atoms with Gasteiger partial charge in [0.1, 0.15) is 19.0 Å². The second-order valence-electron chi connectivity index (χ2n) is 9.50. The maximum absolute atomic E-state index is 14.3. The molecule has 4 rings (SSSR count). The number of carbonyl (C=O) groups is 1. The van der Waals surface area contributed by atoms with Gasteiger partial charge in [0.05, 0.1) is 5.71 Å². The molecule has 40 heavy (non-hydrogen) atoms. The number of hydrogen-bond donors (Lipinski definition) is 2. The summed E-state index contributed by atoms with van der Waals surface area (Å²) >= 11 is 11.9. The molecule has 12 heteroatoms. The van der Waals surface area contributed by atoms with Gasteiger partial charge in [0.2, 0.25) is 0 Å². The summed E-state index contributed by atoms with van der Waals surface area (Å²) in [5.41, 5.74) is -3.43. The fourth-order valence-electron chi connectivity index (χ4n) is 4.34. The summed E-state index contributed by atoms with van der Waals surface area (Å²) in [5, 5.41) is 16.4. The summed E-state index contributed by atoms with van der Waals surface area (Å²) < 4.78 is 68.8. The first-order valence-electron chi connectivity index (χ1n) is 11.9. The van der Waals surface area contributed by atoms with Crippen LogP contribution in [0.25, 0.3) is 0 Å². The maximum atomic E-state index is 14.3. The molecular formula is C28H23Cl2F5N2O3. The molecule has 1 unspecified atom stereocenters. The van der Waals surface area contributed by atoms with E-state index in [0.29, 0.717) is 16.7 Å². The number of nitrogens with one attached hydrogen (secondary N) is 1. The van der Waals surface area contributed by atoms with Gasteiger partial charge in [-0.1, -0.05) is 58.7 Å². The zero-order valence-corrected chi connectivity index (χ0v) is 22.5. The zero-order chi connectivity index (χ0) is 29.3. The number of aliphatic hydroxyl groups is 1. The van der Waals surface area contributed by atoms with Gasteiger partial charge in [-0.05, 0) is 59.5 Å². The number of aryl methyl sites for hydroxylation is 1. The molecule has 1 heterocycles. The van der Waals surface area contributed by atoms with Crippen molar-refractivity contribution < 1.29 is 36.7 Å². The van der Waals surface area contributed by atoms with Crippen LogP contribution in [0.3, 0.4) is 0 Å². The van der Waals surface area contributed by atoms with Gasteiger partial charge in [0.25, 0.3) is 11.5 Å². The second-order valence-corrected chi connectivity index (χ2v) is 10.4. The van der Waals surface area contributed by atoms with Crippen LogP contribution < -0.4 is 5.32 Å². The molecule has 212 valence electrons. The van der Waals surface area contributed by atoms with E-state index in [1.807, 2.05) is 0 Å². The van der Waals surface area contributed by atoms with Crippen LogP contribution in [-0.2, 0) is 22.6 Å². The SMILES string of the molecule is Cc1cc(C2=NOC(c3cc(Cl)cc(Cl)c3)(C(F)(F)F)C2)ccc1C(=O)NCc1ccc(C(O)(CF)CF)cc1. The van der Waals surface area contributed by atoms with E-state index in [1.165, 1.54) is 48.5 Å². The predicted molar refractivity (Wildman–Crippen MR) is 141 cm³/mol. The van der Waals surface area contributed by atoms with Crippen molar-refractivity contribution in [3.8, 4) is 0 Å². The molecule has 0 bridgehead atoms. The lowest BCUT2D eigenvalue weighted by Gasteiger charge is -2.29. The van der Waals surface area contributed by atoms with Crippen molar-refractivity contribution in [2.75, 3.05) is 13.3 Å². The molecule has 0 spiro atoms. The van der Waals surface area contributed by atoms with Crippen LogP contribution >= 0.6 is 23.2 Å². The van der Waals surface area contributed by atoms with Crippen molar-refractivity contribution in [2.45, 2.75) is 37.3 Å². The predicted octanol–water partition coefficient (Wildman–Crippen LogP) is 6.94. The number of benzene rings is 3. The van der Waals surface area contributed by atoms with Gasteiger partial charge in [-0.25, -0.2) is 8.78 Å². The minimum Gasteiger partial charge on any atom is -0.380 e. The van der Waals surface area contributed by atoms with E-state index in [-0.39, 0.29) is 39.0 Å². The lowest BCUT2D eigenvalue weighted by atomic mass is 9.86. The van der Waals surface area contributed by atoms with Crippen molar-refractivity contribution in [1.29, 1.82) is 0 Å². The van der Waals surface area contributed by atoms with Gasteiger partial charge in [0.15, 0.2) is 0 Å². The Balaban J connectivity index is 1.48. The largest absolute Gasteiger partial charge is 0.435 e. The molecule has 3 aromatic rings. The number of carbonyl (C=O) groups excluding carboxylic acids is 1. The standard InChI is InChI=1S/C28H23Cl2F5N2O3/c1-16-8-18(24-12-27(40-37-24,28(33,34)35)20-9-21(29)11-22(30)10-20)4-7-23(16)25(38)36-13-17-2-5-19(6-3-17)26(39,14-31)15-32/h2-11,39H,12-15H2,1H3,(H,36,38). The highest BCUT2D eigenvalue weighted by Gasteiger charge is 2.62.